The third-order valence-electron chi connectivity index (χ3n) is 10.6. The van der Waals surface area contributed by atoms with Crippen LogP contribution in [0, 0.1) is 0 Å². The molecule has 56 heavy (non-hydrogen) atoms. The van der Waals surface area contributed by atoms with Crippen molar-refractivity contribution in [3.05, 3.63) is 188 Å². The normalized spacial score (nSPS) is 11.6. The molecule has 3 aromatic heterocycles. The zero-order valence-electron chi connectivity index (χ0n) is 30.1. The summed E-state index contributed by atoms with van der Waals surface area (Å²) in [5, 5.41) is 4.36. The van der Waals surface area contributed by atoms with E-state index in [9.17, 15) is 0 Å². The third-order valence-corrected chi connectivity index (χ3v) is 11.8. The number of fused-ring (bicyclic) bond motifs is 6. The molecule has 0 aliphatic carbocycles. The molecular formula is C51H31N3OS. The molecule has 0 saturated heterocycles. The van der Waals surface area contributed by atoms with Crippen LogP contribution in [0.15, 0.2) is 192 Å². The molecule has 11 rings (SSSR count). The van der Waals surface area contributed by atoms with Crippen LogP contribution in [-0.4, -0.2) is 15.0 Å². The van der Waals surface area contributed by atoms with E-state index in [4.69, 9.17) is 19.4 Å². The molecule has 262 valence electrons. The molecule has 11 aromatic rings. The van der Waals surface area contributed by atoms with E-state index in [2.05, 4.69) is 140 Å². The first-order valence-electron chi connectivity index (χ1n) is 18.7. The molecule has 5 heteroatoms. The summed E-state index contributed by atoms with van der Waals surface area (Å²) in [7, 11) is 0. The summed E-state index contributed by atoms with van der Waals surface area (Å²) < 4.78 is 8.69. The fourth-order valence-corrected chi connectivity index (χ4v) is 9.20. The highest BCUT2D eigenvalue weighted by Crippen LogP contribution is 2.44. The minimum absolute atomic E-state index is 0.608. The minimum Gasteiger partial charge on any atom is -0.456 e. The quantitative estimate of drug-likeness (QED) is 0.171. The van der Waals surface area contributed by atoms with E-state index in [1.807, 2.05) is 59.9 Å². The monoisotopic (exact) mass is 733 g/mol. The van der Waals surface area contributed by atoms with E-state index in [1.165, 1.54) is 48.2 Å². The van der Waals surface area contributed by atoms with Gasteiger partial charge in [0.1, 0.15) is 11.2 Å². The van der Waals surface area contributed by atoms with Gasteiger partial charge >= 0.3 is 0 Å². The first-order valence-corrected chi connectivity index (χ1v) is 19.5. The number of aromatic nitrogens is 3. The second-order valence-electron chi connectivity index (χ2n) is 13.9. The summed E-state index contributed by atoms with van der Waals surface area (Å²) in [6.45, 7) is 0. The second kappa shape index (κ2) is 13.3. The zero-order valence-corrected chi connectivity index (χ0v) is 30.9. The molecule has 0 amide bonds. The van der Waals surface area contributed by atoms with Crippen LogP contribution in [0.5, 0.6) is 0 Å². The Hall–Kier alpha value is -7.21. The van der Waals surface area contributed by atoms with Crippen molar-refractivity contribution in [1.29, 1.82) is 0 Å². The molecular weight excluding hydrogens is 703 g/mol. The van der Waals surface area contributed by atoms with Crippen LogP contribution >= 0.6 is 11.3 Å². The Morgan fingerprint density at radius 3 is 1.61 bits per heavy atom. The van der Waals surface area contributed by atoms with Gasteiger partial charge in [-0.15, -0.1) is 11.3 Å². The number of thiophene rings is 1. The van der Waals surface area contributed by atoms with E-state index >= 15 is 0 Å². The SMILES string of the molecule is c1ccc(-c2cccc(-c3cccc(-c4cccc5c4sc4cccc(-c6nc(-c7ccccc7)nc(-c7cccc8oc9ccccc9c78)n6)c45)c3)c2)cc1. The predicted octanol–water partition coefficient (Wildman–Crippen LogP) is 14.1. The maximum Gasteiger partial charge on any atom is 0.164 e. The molecule has 0 aliphatic heterocycles. The average Bonchev–Trinajstić information content (AvgIpc) is 3.86. The molecule has 0 atom stereocenters. The molecule has 4 nitrogen and oxygen atoms in total. The molecule has 3 heterocycles. The Balaban J connectivity index is 1.08. The molecule has 0 radical (unpaired) electrons. The lowest BCUT2D eigenvalue weighted by Gasteiger charge is -2.11. The second-order valence-corrected chi connectivity index (χ2v) is 15.0. The smallest absolute Gasteiger partial charge is 0.164 e. The molecule has 0 unspecified atom stereocenters. The summed E-state index contributed by atoms with van der Waals surface area (Å²) in [5.41, 5.74) is 11.6. The highest BCUT2D eigenvalue weighted by molar-refractivity contribution is 7.26. The minimum atomic E-state index is 0.608. The maximum absolute atomic E-state index is 6.27. The van der Waals surface area contributed by atoms with Gasteiger partial charge in [0.05, 0.1) is 0 Å². The van der Waals surface area contributed by atoms with Crippen molar-refractivity contribution < 1.29 is 4.42 Å². The Bertz CT molecular complexity index is 3260. The first-order chi connectivity index (χ1) is 27.7. The predicted molar refractivity (Wildman–Crippen MR) is 233 cm³/mol. The Labute approximate surface area is 327 Å². The zero-order chi connectivity index (χ0) is 37.0. The van der Waals surface area contributed by atoms with Crippen molar-refractivity contribution >= 4 is 53.4 Å². The van der Waals surface area contributed by atoms with Gasteiger partial charge in [-0.3, -0.25) is 0 Å². The molecule has 8 aromatic carbocycles. The number of hydrogen-bond donors (Lipinski definition) is 0. The number of rotatable bonds is 6. The van der Waals surface area contributed by atoms with Crippen LogP contribution in [0.1, 0.15) is 0 Å². The van der Waals surface area contributed by atoms with Crippen LogP contribution in [0.2, 0.25) is 0 Å². The summed E-state index contributed by atoms with van der Waals surface area (Å²) >= 11 is 1.82. The summed E-state index contributed by atoms with van der Waals surface area (Å²) in [5.74, 6) is 1.87. The van der Waals surface area contributed by atoms with Crippen LogP contribution in [0.4, 0.5) is 0 Å². The van der Waals surface area contributed by atoms with Crippen molar-refractivity contribution in [2.45, 2.75) is 0 Å². The molecule has 0 fully saturated rings. The van der Waals surface area contributed by atoms with Gasteiger partial charge in [0.2, 0.25) is 0 Å². The highest BCUT2D eigenvalue weighted by Gasteiger charge is 2.21. The van der Waals surface area contributed by atoms with Gasteiger partial charge < -0.3 is 4.42 Å². The number of hydrogen-bond acceptors (Lipinski definition) is 5. The highest BCUT2D eigenvalue weighted by atomic mass is 32.1. The fourth-order valence-electron chi connectivity index (χ4n) is 7.93. The average molecular weight is 734 g/mol. The van der Waals surface area contributed by atoms with Crippen molar-refractivity contribution in [2.24, 2.45) is 0 Å². The van der Waals surface area contributed by atoms with Crippen LogP contribution in [-0.2, 0) is 0 Å². The summed E-state index contributed by atoms with van der Waals surface area (Å²) in [6, 6.07) is 65.7. The molecule has 0 N–H and O–H groups in total. The van der Waals surface area contributed by atoms with Crippen LogP contribution < -0.4 is 0 Å². The van der Waals surface area contributed by atoms with Crippen LogP contribution in [0.3, 0.4) is 0 Å². The lowest BCUT2D eigenvalue weighted by atomic mass is 9.95. The molecule has 0 aliphatic rings. The van der Waals surface area contributed by atoms with E-state index in [0.717, 1.165) is 44.0 Å². The van der Waals surface area contributed by atoms with Crippen molar-refractivity contribution in [3.8, 4) is 67.5 Å². The van der Waals surface area contributed by atoms with Crippen molar-refractivity contribution in [3.63, 3.8) is 0 Å². The van der Waals surface area contributed by atoms with E-state index in [-0.39, 0.29) is 0 Å². The van der Waals surface area contributed by atoms with Crippen molar-refractivity contribution in [1.82, 2.24) is 15.0 Å². The van der Waals surface area contributed by atoms with Gasteiger partial charge in [-0.1, -0.05) is 158 Å². The van der Waals surface area contributed by atoms with Gasteiger partial charge in [-0.05, 0) is 63.7 Å². The van der Waals surface area contributed by atoms with Gasteiger partial charge in [-0.25, -0.2) is 15.0 Å². The number of nitrogens with zero attached hydrogens (tertiary/aromatic N) is 3. The number of furan rings is 1. The number of benzene rings is 8. The lowest BCUT2D eigenvalue weighted by molar-refractivity contribution is 0.669. The van der Waals surface area contributed by atoms with Gasteiger partial charge in [0.25, 0.3) is 0 Å². The van der Waals surface area contributed by atoms with Crippen molar-refractivity contribution in [2.75, 3.05) is 0 Å². The molecule has 0 spiro atoms. The lowest BCUT2D eigenvalue weighted by Crippen LogP contribution is -2.00. The maximum atomic E-state index is 6.27. The third kappa shape index (κ3) is 5.48. The van der Waals surface area contributed by atoms with E-state index < -0.39 is 0 Å². The Morgan fingerprint density at radius 2 is 0.839 bits per heavy atom. The fraction of sp³-hybridized carbons (Fsp3) is 0. The molecule has 0 saturated carbocycles. The Morgan fingerprint density at radius 1 is 0.339 bits per heavy atom. The van der Waals surface area contributed by atoms with Gasteiger partial charge in [0, 0.05) is 47.6 Å². The summed E-state index contributed by atoms with van der Waals surface area (Å²) in [6.07, 6.45) is 0. The first kappa shape index (κ1) is 32.2. The Kier molecular flexibility index (Phi) is 7.64. The molecule has 0 bridgehead atoms. The van der Waals surface area contributed by atoms with Crippen LogP contribution in [0.25, 0.3) is 110 Å². The van der Waals surface area contributed by atoms with Gasteiger partial charge in [0.15, 0.2) is 17.5 Å². The van der Waals surface area contributed by atoms with E-state index in [1.54, 1.807) is 0 Å². The summed E-state index contributed by atoms with van der Waals surface area (Å²) in [4.78, 5) is 15.6. The number of para-hydroxylation sites is 1. The van der Waals surface area contributed by atoms with E-state index in [0.29, 0.717) is 17.5 Å². The standard InChI is InChI=1S/C51H31N3OS/c1-3-14-32(15-4-1)34-18-9-19-35(30-34)36-20-10-21-37(31-36)38-23-11-24-40-47-42(26-13-29-45(47)56-48(38)40)51-53-49(33-16-5-2-6-17-33)52-50(54-51)41-25-12-28-44-46(41)39-22-7-8-27-43(39)55-44/h1-31H. The largest absolute Gasteiger partial charge is 0.456 e. The van der Waals surface area contributed by atoms with Gasteiger partial charge in [-0.2, -0.15) is 0 Å². The topological polar surface area (TPSA) is 51.8 Å².